The largest absolute Gasteiger partial charge is 0.388 e. The van der Waals surface area contributed by atoms with Crippen molar-refractivity contribution >= 4 is 34.9 Å². The Morgan fingerprint density at radius 1 is 1.50 bits per heavy atom. The van der Waals surface area contributed by atoms with Crippen LogP contribution in [0.25, 0.3) is 0 Å². The summed E-state index contributed by atoms with van der Waals surface area (Å²) in [5, 5.41) is 3.28. The highest BCUT2D eigenvalue weighted by Crippen LogP contribution is 2.30. The average molecular weight is 284 g/mol. The summed E-state index contributed by atoms with van der Waals surface area (Å²) in [5.41, 5.74) is 6.15. The predicted octanol–water partition coefficient (Wildman–Crippen LogP) is 2.44. The first-order valence-electron chi connectivity index (χ1n) is 5.98. The summed E-state index contributed by atoms with van der Waals surface area (Å²) in [7, 11) is 0. The van der Waals surface area contributed by atoms with Crippen molar-refractivity contribution in [2.75, 3.05) is 18.1 Å². The Hall–Kier alpha value is -0.880. The molecule has 0 aliphatic rings. The highest BCUT2D eigenvalue weighted by Gasteiger charge is 2.24. The van der Waals surface area contributed by atoms with Crippen molar-refractivity contribution in [3.05, 3.63) is 18.0 Å². The Morgan fingerprint density at radius 2 is 2.17 bits per heavy atom. The highest BCUT2D eigenvalue weighted by atomic mass is 32.2. The van der Waals surface area contributed by atoms with Crippen LogP contribution in [0.4, 0.5) is 5.95 Å². The molecule has 1 aromatic rings. The van der Waals surface area contributed by atoms with Gasteiger partial charge in [0.25, 0.3) is 0 Å². The molecule has 18 heavy (non-hydrogen) atoms. The molecular formula is C12H20N4S2. The maximum atomic E-state index is 5.55. The van der Waals surface area contributed by atoms with E-state index in [9.17, 15) is 0 Å². The molecule has 0 saturated heterocycles. The van der Waals surface area contributed by atoms with Crippen LogP contribution in [0.1, 0.15) is 32.4 Å². The minimum absolute atomic E-state index is 0.225. The number of thiocarbonyl (C=S) groups is 1. The fourth-order valence-electron chi connectivity index (χ4n) is 1.68. The molecule has 0 aromatic carbocycles. The average Bonchev–Trinajstić information content (AvgIpc) is 2.41. The molecule has 1 heterocycles. The predicted molar refractivity (Wildman–Crippen MR) is 83.2 cm³/mol. The first-order valence-corrected chi connectivity index (χ1v) is 7.62. The molecule has 0 aliphatic carbocycles. The van der Waals surface area contributed by atoms with E-state index in [1.807, 2.05) is 11.8 Å². The van der Waals surface area contributed by atoms with Crippen molar-refractivity contribution in [2.24, 2.45) is 5.73 Å². The number of nitrogens with two attached hydrogens (primary N) is 1. The Balaban J connectivity index is 2.73. The maximum Gasteiger partial charge on any atom is 0.223 e. The van der Waals surface area contributed by atoms with Gasteiger partial charge in [-0.2, -0.15) is 11.8 Å². The van der Waals surface area contributed by atoms with Crippen LogP contribution in [0.2, 0.25) is 0 Å². The summed E-state index contributed by atoms with van der Waals surface area (Å²) in [6.07, 6.45) is 6.02. The third-order valence-electron chi connectivity index (χ3n) is 3.20. The number of hydrogen-bond donors (Lipinski definition) is 2. The summed E-state index contributed by atoms with van der Waals surface area (Å²) in [4.78, 5) is 8.76. The molecule has 0 fully saturated rings. The van der Waals surface area contributed by atoms with E-state index in [1.165, 1.54) is 0 Å². The molecule has 0 bridgehead atoms. The van der Waals surface area contributed by atoms with Crippen molar-refractivity contribution < 1.29 is 0 Å². The van der Waals surface area contributed by atoms with E-state index in [-0.39, 0.29) is 4.75 Å². The van der Waals surface area contributed by atoms with Gasteiger partial charge in [-0.15, -0.1) is 0 Å². The molecule has 0 radical (unpaired) electrons. The number of rotatable bonds is 7. The third kappa shape index (κ3) is 3.81. The number of thioether (sulfide) groups is 1. The van der Waals surface area contributed by atoms with E-state index in [2.05, 4.69) is 35.4 Å². The summed E-state index contributed by atoms with van der Waals surface area (Å²) in [6.45, 7) is 5.24. The normalized spacial score (nSPS) is 11.3. The Morgan fingerprint density at radius 3 is 2.67 bits per heavy atom. The zero-order valence-electron chi connectivity index (χ0n) is 11.1. The van der Waals surface area contributed by atoms with Crippen molar-refractivity contribution in [3.63, 3.8) is 0 Å². The second-order valence-corrected chi connectivity index (χ2v) is 5.79. The lowest BCUT2D eigenvalue weighted by atomic mass is 10.0. The van der Waals surface area contributed by atoms with Gasteiger partial charge in [0, 0.05) is 17.5 Å². The van der Waals surface area contributed by atoms with Crippen molar-refractivity contribution in [1.29, 1.82) is 0 Å². The van der Waals surface area contributed by atoms with E-state index in [4.69, 9.17) is 18.0 Å². The van der Waals surface area contributed by atoms with E-state index in [1.54, 1.807) is 12.3 Å². The van der Waals surface area contributed by atoms with Gasteiger partial charge in [0.05, 0.1) is 0 Å². The zero-order valence-corrected chi connectivity index (χ0v) is 12.7. The molecule has 0 amide bonds. The molecular weight excluding hydrogens is 264 g/mol. The monoisotopic (exact) mass is 284 g/mol. The van der Waals surface area contributed by atoms with Gasteiger partial charge < -0.3 is 11.1 Å². The molecule has 0 atom stereocenters. The number of nitrogens with one attached hydrogen (secondary N) is 1. The van der Waals surface area contributed by atoms with Gasteiger partial charge >= 0.3 is 0 Å². The zero-order chi connectivity index (χ0) is 13.6. The quantitative estimate of drug-likeness (QED) is 0.750. The molecule has 100 valence electrons. The van der Waals surface area contributed by atoms with Crippen LogP contribution < -0.4 is 11.1 Å². The second-order valence-electron chi connectivity index (χ2n) is 4.08. The summed E-state index contributed by atoms with van der Waals surface area (Å²) in [6, 6.07) is 1.72. The van der Waals surface area contributed by atoms with Crippen molar-refractivity contribution in [1.82, 2.24) is 9.97 Å². The van der Waals surface area contributed by atoms with Crippen LogP contribution in [-0.4, -0.2) is 32.5 Å². The van der Waals surface area contributed by atoms with Gasteiger partial charge in [-0.1, -0.05) is 26.1 Å². The molecule has 6 heteroatoms. The van der Waals surface area contributed by atoms with E-state index < -0.39 is 0 Å². The maximum absolute atomic E-state index is 5.55. The molecule has 0 unspecified atom stereocenters. The van der Waals surface area contributed by atoms with Gasteiger partial charge in [0.2, 0.25) is 5.95 Å². The number of hydrogen-bond acceptors (Lipinski definition) is 5. The first-order chi connectivity index (χ1) is 8.56. The lowest BCUT2D eigenvalue weighted by Gasteiger charge is -2.29. The Kier molecular flexibility index (Phi) is 5.81. The summed E-state index contributed by atoms with van der Waals surface area (Å²) < 4.78 is 0.225. The minimum Gasteiger partial charge on any atom is -0.388 e. The van der Waals surface area contributed by atoms with E-state index >= 15 is 0 Å². The van der Waals surface area contributed by atoms with Gasteiger partial charge in [-0.25, -0.2) is 9.97 Å². The number of aromatic nitrogens is 2. The molecule has 4 nitrogen and oxygen atoms in total. The second kappa shape index (κ2) is 6.89. The lowest BCUT2D eigenvalue weighted by molar-refractivity contribution is 0.573. The Labute approximate surface area is 118 Å². The molecule has 0 spiro atoms. The van der Waals surface area contributed by atoms with E-state index in [0.29, 0.717) is 16.6 Å². The van der Waals surface area contributed by atoms with E-state index in [0.717, 1.165) is 19.4 Å². The fourth-order valence-corrected chi connectivity index (χ4v) is 2.59. The van der Waals surface area contributed by atoms with Gasteiger partial charge in [-0.3, -0.25) is 0 Å². The molecule has 0 aliphatic heterocycles. The van der Waals surface area contributed by atoms with Gasteiger partial charge in [0.1, 0.15) is 10.7 Å². The van der Waals surface area contributed by atoms with Crippen LogP contribution in [0.15, 0.2) is 12.3 Å². The number of anilines is 1. The summed E-state index contributed by atoms with van der Waals surface area (Å²) in [5.74, 6) is 0.584. The SMILES string of the molecule is CCC(CC)(CNc1nccc(C(N)=S)n1)SC. The first kappa shape index (κ1) is 15.2. The van der Waals surface area contributed by atoms with Crippen molar-refractivity contribution in [2.45, 2.75) is 31.4 Å². The Bertz CT molecular complexity index is 397. The van der Waals surface area contributed by atoms with Crippen LogP contribution >= 0.6 is 24.0 Å². The van der Waals surface area contributed by atoms with Crippen LogP contribution in [0, 0.1) is 0 Å². The standard InChI is InChI=1S/C12H20N4S2/c1-4-12(5-2,18-3)8-15-11-14-7-6-9(16-11)10(13)17/h6-7H,4-5,8H2,1-3H3,(H2,13,17)(H,14,15,16). The molecule has 1 aromatic heterocycles. The lowest BCUT2D eigenvalue weighted by Crippen LogP contribution is -2.32. The smallest absolute Gasteiger partial charge is 0.223 e. The minimum atomic E-state index is 0.225. The van der Waals surface area contributed by atoms with Gasteiger partial charge in [0.15, 0.2) is 0 Å². The fraction of sp³-hybridized carbons (Fsp3) is 0.583. The van der Waals surface area contributed by atoms with Crippen LogP contribution in [0.3, 0.4) is 0 Å². The highest BCUT2D eigenvalue weighted by molar-refractivity contribution is 8.00. The van der Waals surface area contributed by atoms with Crippen LogP contribution in [-0.2, 0) is 0 Å². The number of nitrogens with zero attached hydrogens (tertiary/aromatic N) is 2. The molecule has 3 N–H and O–H groups in total. The molecule has 0 saturated carbocycles. The molecule has 1 rings (SSSR count). The topological polar surface area (TPSA) is 63.8 Å². The van der Waals surface area contributed by atoms with Crippen molar-refractivity contribution in [3.8, 4) is 0 Å². The van der Waals surface area contributed by atoms with Crippen LogP contribution in [0.5, 0.6) is 0 Å². The summed E-state index contributed by atoms with van der Waals surface area (Å²) >= 11 is 6.78. The third-order valence-corrected chi connectivity index (χ3v) is 5.00. The van der Waals surface area contributed by atoms with Gasteiger partial charge in [-0.05, 0) is 25.2 Å².